The van der Waals surface area contributed by atoms with Crippen molar-refractivity contribution in [3.63, 3.8) is 0 Å². The molecule has 0 atom stereocenters. The van der Waals surface area contributed by atoms with Gasteiger partial charge in [0.05, 0.1) is 16.7 Å². The number of carbonyl (C=O) groups excluding carboxylic acids is 1. The second-order valence-corrected chi connectivity index (χ2v) is 6.86. The van der Waals surface area contributed by atoms with Gasteiger partial charge in [0.2, 0.25) is 0 Å². The van der Waals surface area contributed by atoms with Crippen molar-refractivity contribution in [2.24, 2.45) is 5.73 Å². The number of carbonyl (C=O) groups is 1. The van der Waals surface area contributed by atoms with Crippen molar-refractivity contribution in [2.45, 2.75) is 20.0 Å². The second-order valence-electron chi connectivity index (χ2n) is 4.31. The minimum Gasteiger partial charge on any atom is -0.335 e. The average molecular weight is 357 g/mol. The van der Waals surface area contributed by atoms with Crippen LogP contribution in [0.1, 0.15) is 22.3 Å². The molecule has 7 heteroatoms. The zero-order chi connectivity index (χ0) is 14.5. The van der Waals surface area contributed by atoms with Gasteiger partial charge in [-0.05, 0) is 35.0 Å². The summed E-state index contributed by atoms with van der Waals surface area (Å²) in [6.45, 7) is 4.43. The number of hydrogen-bond acceptors (Lipinski definition) is 4. The molecule has 0 aliphatic rings. The lowest BCUT2D eigenvalue weighted by atomic mass is 10.3. The Kier molecular flexibility index (Phi) is 5.33. The standard InChI is InChI=1S/C13H17BrN4OS/c1-2-18(7-10-3-4-12(14)20-10)13(19)11-8-17(6-5-15)9-16-11/h3-4,8-9H,2,5-7,15H2,1H3. The molecule has 0 saturated carbocycles. The maximum absolute atomic E-state index is 12.4. The van der Waals surface area contributed by atoms with Crippen LogP contribution in [0.15, 0.2) is 28.4 Å². The highest BCUT2D eigenvalue weighted by Crippen LogP contribution is 2.23. The van der Waals surface area contributed by atoms with Crippen LogP contribution in [0.3, 0.4) is 0 Å². The van der Waals surface area contributed by atoms with Gasteiger partial charge in [-0.25, -0.2) is 4.98 Å². The molecule has 0 fully saturated rings. The third kappa shape index (κ3) is 3.68. The summed E-state index contributed by atoms with van der Waals surface area (Å²) >= 11 is 5.07. The van der Waals surface area contributed by atoms with Crippen LogP contribution in [0.25, 0.3) is 0 Å². The van der Waals surface area contributed by atoms with Crippen molar-refractivity contribution in [1.82, 2.24) is 14.5 Å². The Bertz CT molecular complexity index is 580. The van der Waals surface area contributed by atoms with E-state index < -0.39 is 0 Å². The number of nitrogens with zero attached hydrogens (tertiary/aromatic N) is 3. The summed E-state index contributed by atoms with van der Waals surface area (Å²) < 4.78 is 2.91. The van der Waals surface area contributed by atoms with Gasteiger partial charge in [-0.15, -0.1) is 11.3 Å². The molecule has 2 N–H and O–H groups in total. The van der Waals surface area contributed by atoms with E-state index >= 15 is 0 Å². The Morgan fingerprint density at radius 1 is 1.55 bits per heavy atom. The van der Waals surface area contributed by atoms with Gasteiger partial charge in [0, 0.05) is 30.7 Å². The van der Waals surface area contributed by atoms with Crippen LogP contribution < -0.4 is 5.73 Å². The van der Waals surface area contributed by atoms with Gasteiger partial charge in [-0.3, -0.25) is 4.79 Å². The van der Waals surface area contributed by atoms with E-state index in [1.807, 2.05) is 23.6 Å². The highest BCUT2D eigenvalue weighted by atomic mass is 79.9. The van der Waals surface area contributed by atoms with Crippen molar-refractivity contribution >= 4 is 33.2 Å². The fourth-order valence-electron chi connectivity index (χ4n) is 1.86. The smallest absolute Gasteiger partial charge is 0.274 e. The summed E-state index contributed by atoms with van der Waals surface area (Å²) in [4.78, 5) is 19.5. The van der Waals surface area contributed by atoms with E-state index in [0.29, 0.717) is 31.9 Å². The quantitative estimate of drug-likeness (QED) is 0.863. The molecule has 2 rings (SSSR count). The second kappa shape index (κ2) is 7.01. The summed E-state index contributed by atoms with van der Waals surface area (Å²) in [5, 5.41) is 0. The van der Waals surface area contributed by atoms with Gasteiger partial charge in [0.25, 0.3) is 5.91 Å². The normalized spacial score (nSPS) is 10.8. The highest BCUT2D eigenvalue weighted by Gasteiger charge is 2.17. The zero-order valence-corrected chi connectivity index (χ0v) is 13.7. The molecule has 108 valence electrons. The van der Waals surface area contributed by atoms with Gasteiger partial charge < -0.3 is 15.2 Å². The van der Waals surface area contributed by atoms with Crippen LogP contribution in [0.4, 0.5) is 0 Å². The summed E-state index contributed by atoms with van der Waals surface area (Å²) in [7, 11) is 0. The molecule has 2 aromatic heterocycles. The molecule has 20 heavy (non-hydrogen) atoms. The molecule has 2 heterocycles. The van der Waals surface area contributed by atoms with Crippen molar-refractivity contribution in [1.29, 1.82) is 0 Å². The zero-order valence-electron chi connectivity index (χ0n) is 11.3. The van der Waals surface area contributed by atoms with Crippen LogP contribution >= 0.6 is 27.3 Å². The Morgan fingerprint density at radius 3 is 2.95 bits per heavy atom. The number of nitrogens with two attached hydrogens (primary N) is 1. The van der Waals surface area contributed by atoms with E-state index in [2.05, 4.69) is 20.9 Å². The third-order valence-corrected chi connectivity index (χ3v) is 4.49. The maximum atomic E-state index is 12.4. The molecule has 5 nitrogen and oxygen atoms in total. The lowest BCUT2D eigenvalue weighted by Gasteiger charge is -2.18. The summed E-state index contributed by atoms with van der Waals surface area (Å²) in [5.74, 6) is -0.0483. The molecule has 0 radical (unpaired) electrons. The van der Waals surface area contributed by atoms with Crippen molar-refractivity contribution in [3.8, 4) is 0 Å². The van der Waals surface area contributed by atoms with Gasteiger partial charge in [-0.2, -0.15) is 0 Å². The van der Waals surface area contributed by atoms with Crippen LogP contribution in [-0.2, 0) is 13.1 Å². The van der Waals surface area contributed by atoms with E-state index in [4.69, 9.17) is 5.73 Å². The molecule has 0 saturated heterocycles. The molecular weight excluding hydrogens is 340 g/mol. The summed E-state index contributed by atoms with van der Waals surface area (Å²) in [6, 6.07) is 4.02. The minimum absolute atomic E-state index is 0.0483. The molecule has 0 aromatic carbocycles. The number of halogens is 1. The number of hydrogen-bond donors (Lipinski definition) is 1. The van der Waals surface area contributed by atoms with E-state index in [0.717, 1.165) is 8.66 Å². The SMILES string of the molecule is CCN(Cc1ccc(Br)s1)C(=O)c1cn(CCN)cn1. The topological polar surface area (TPSA) is 64.2 Å². The fraction of sp³-hybridized carbons (Fsp3) is 0.385. The molecule has 2 aromatic rings. The summed E-state index contributed by atoms with van der Waals surface area (Å²) in [6.07, 6.45) is 3.40. The molecular formula is C13H17BrN4OS. The Labute approximate surface area is 130 Å². The lowest BCUT2D eigenvalue weighted by molar-refractivity contribution is 0.0748. The van der Waals surface area contributed by atoms with Crippen molar-refractivity contribution < 1.29 is 4.79 Å². The van der Waals surface area contributed by atoms with Gasteiger partial charge in [0.15, 0.2) is 0 Å². The average Bonchev–Trinajstić information content (AvgIpc) is 3.05. The first-order chi connectivity index (χ1) is 9.63. The van der Waals surface area contributed by atoms with E-state index in [9.17, 15) is 4.79 Å². The largest absolute Gasteiger partial charge is 0.335 e. The van der Waals surface area contributed by atoms with Gasteiger partial charge >= 0.3 is 0 Å². The first kappa shape index (κ1) is 15.2. The van der Waals surface area contributed by atoms with Gasteiger partial charge in [0.1, 0.15) is 5.69 Å². The van der Waals surface area contributed by atoms with Crippen LogP contribution in [0, 0.1) is 0 Å². The number of thiophene rings is 1. The molecule has 0 spiro atoms. The van der Waals surface area contributed by atoms with Crippen LogP contribution in [0.5, 0.6) is 0 Å². The predicted octanol–water partition coefficient (Wildman–Crippen LogP) is 2.33. The Morgan fingerprint density at radius 2 is 2.35 bits per heavy atom. The Hall–Kier alpha value is -1.18. The Balaban J connectivity index is 2.07. The van der Waals surface area contributed by atoms with Crippen LogP contribution in [0.2, 0.25) is 0 Å². The molecule has 0 aliphatic carbocycles. The molecule has 0 unspecified atom stereocenters. The maximum Gasteiger partial charge on any atom is 0.274 e. The summed E-state index contributed by atoms with van der Waals surface area (Å²) in [5.41, 5.74) is 5.96. The molecule has 0 bridgehead atoms. The number of aromatic nitrogens is 2. The fourth-order valence-corrected chi connectivity index (χ4v) is 3.35. The number of rotatable bonds is 6. The van der Waals surface area contributed by atoms with E-state index in [1.54, 1.807) is 28.8 Å². The first-order valence-corrected chi connectivity index (χ1v) is 8.00. The van der Waals surface area contributed by atoms with Gasteiger partial charge in [-0.1, -0.05) is 0 Å². The monoisotopic (exact) mass is 356 g/mol. The van der Waals surface area contributed by atoms with Crippen LogP contribution in [-0.4, -0.2) is 33.4 Å². The van der Waals surface area contributed by atoms with Crippen molar-refractivity contribution in [2.75, 3.05) is 13.1 Å². The molecule has 0 aliphatic heterocycles. The molecule has 1 amide bonds. The van der Waals surface area contributed by atoms with E-state index in [1.165, 1.54) is 0 Å². The lowest BCUT2D eigenvalue weighted by Crippen LogP contribution is -2.30. The first-order valence-electron chi connectivity index (χ1n) is 6.39. The van der Waals surface area contributed by atoms with Crippen molar-refractivity contribution in [3.05, 3.63) is 39.0 Å². The number of amides is 1. The third-order valence-electron chi connectivity index (χ3n) is 2.88. The highest BCUT2D eigenvalue weighted by molar-refractivity contribution is 9.11. The predicted molar refractivity (Wildman–Crippen MR) is 83.7 cm³/mol. The van der Waals surface area contributed by atoms with E-state index in [-0.39, 0.29) is 5.91 Å². The number of imidazole rings is 1. The minimum atomic E-state index is -0.0483.